The monoisotopic (exact) mass is 293 g/mol. The molecule has 0 aromatic carbocycles. The highest BCUT2D eigenvalue weighted by molar-refractivity contribution is 5.95. The van der Waals surface area contributed by atoms with Crippen molar-refractivity contribution in [2.75, 3.05) is 0 Å². The van der Waals surface area contributed by atoms with Crippen LogP contribution in [-0.2, 0) is 11.3 Å². The molecule has 1 heterocycles. The van der Waals surface area contributed by atoms with E-state index in [0.29, 0.717) is 18.2 Å². The lowest BCUT2D eigenvalue weighted by molar-refractivity contribution is -0.141. The van der Waals surface area contributed by atoms with E-state index >= 15 is 0 Å². The summed E-state index contributed by atoms with van der Waals surface area (Å²) in [4.78, 5) is 23.8. The van der Waals surface area contributed by atoms with E-state index in [1.807, 2.05) is 6.92 Å². The number of carbonyl (C=O) groups excluding carboxylic acids is 1. The van der Waals surface area contributed by atoms with E-state index in [1.54, 1.807) is 16.9 Å². The molecule has 1 saturated carbocycles. The van der Waals surface area contributed by atoms with Gasteiger partial charge in [0.05, 0.1) is 0 Å². The molecule has 2 rings (SSSR count). The molecule has 6 nitrogen and oxygen atoms in total. The minimum Gasteiger partial charge on any atom is -0.480 e. The highest BCUT2D eigenvalue weighted by Crippen LogP contribution is 2.30. The maximum absolute atomic E-state index is 12.3. The smallest absolute Gasteiger partial charge is 0.326 e. The Hall–Kier alpha value is -1.85. The van der Waals surface area contributed by atoms with Crippen LogP contribution < -0.4 is 5.32 Å². The Morgan fingerprint density at radius 2 is 2.10 bits per heavy atom. The van der Waals surface area contributed by atoms with Crippen molar-refractivity contribution in [1.82, 2.24) is 15.1 Å². The molecular weight excluding hydrogens is 270 g/mol. The lowest BCUT2D eigenvalue weighted by Crippen LogP contribution is -2.47. The molecule has 0 aliphatic heterocycles. The largest absolute Gasteiger partial charge is 0.480 e. The number of aryl methyl sites for hydroxylation is 1. The summed E-state index contributed by atoms with van der Waals surface area (Å²) in [5, 5.41) is 16.1. The fourth-order valence-corrected chi connectivity index (χ4v) is 2.99. The average molecular weight is 293 g/mol. The molecule has 0 radical (unpaired) electrons. The molecule has 1 amide bonds. The number of carboxylic acids is 1. The van der Waals surface area contributed by atoms with Gasteiger partial charge in [0.25, 0.3) is 5.91 Å². The van der Waals surface area contributed by atoms with Crippen LogP contribution >= 0.6 is 0 Å². The molecule has 21 heavy (non-hydrogen) atoms. The van der Waals surface area contributed by atoms with Crippen LogP contribution in [0.5, 0.6) is 0 Å². The maximum Gasteiger partial charge on any atom is 0.326 e. The quantitative estimate of drug-likeness (QED) is 0.868. The third-order valence-electron chi connectivity index (χ3n) is 4.33. The molecule has 1 aliphatic rings. The number of carboxylic acid groups (broad SMARTS) is 1. The lowest BCUT2D eigenvalue weighted by Gasteiger charge is -2.30. The van der Waals surface area contributed by atoms with Crippen LogP contribution in [0.4, 0.5) is 0 Å². The molecule has 116 valence electrons. The van der Waals surface area contributed by atoms with Gasteiger partial charge in [-0.05, 0) is 37.7 Å². The molecule has 1 aliphatic carbocycles. The van der Waals surface area contributed by atoms with Crippen molar-refractivity contribution in [3.63, 3.8) is 0 Å². The van der Waals surface area contributed by atoms with Crippen LogP contribution in [0, 0.1) is 11.8 Å². The highest BCUT2D eigenvalue weighted by atomic mass is 16.4. The van der Waals surface area contributed by atoms with E-state index in [-0.39, 0.29) is 11.8 Å². The van der Waals surface area contributed by atoms with Gasteiger partial charge in [-0.2, -0.15) is 5.10 Å². The summed E-state index contributed by atoms with van der Waals surface area (Å²) in [5.74, 6) is -0.653. The standard InChI is InChI=1S/C15H23N3O3/c1-3-18-12(8-9-16-18)14(19)17-13(15(20)21)11-6-4-10(2)5-7-11/h8-11,13H,3-7H2,1-2H3,(H,17,19)(H,20,21). The van der Waals surface area contributed by atoms with Gasteiger partial charge in [0.15, 0.2) is 0 Å². The Bertz CT molecular complexity index is 504. The van der Waals surface area contributed by atoms with E-state index < -0.39 is 12.0 Å². The van der Waals surface area contributed by atoms with Gasteiger partial charge in [-0.1, -0.05) is 19.8 Å². The van der Waals surface area contributed by atoms with E-state index in [4.69, 9.17) is 0 Å². The fourth-order valence-electron chi connectivity index (χ4n) is 2.99. The van der Waals surface area contributed by atoms with Crippen LogP contribution in [0.3, 0.4) is 0 Å². The van der Waals surface area contributed by atoms with Crippen LogP contribution in [-0.4, -0.2) is 32.8 Å². The molecule has 6 heteroatoms. The van der Waals surface area contributed by atoms with Crippen molar-refractivity contribution in [2.24, 2.45) is 11.8 Å². The lowest BCUT2D eigenvalue weighted by atomic mass is 9.79. The first-order chi connectivity index (χ1) is 10.0. The van der Waals surface area contributed by atoms with Gasteiger partial charge >= 0.3 is 5.97 Å². The van der Waals surface area contributed by atoms with Crippen molar-refractivity contribution in [2.45, 2.75) is 52.1 Å². The number of rotatable bonds is 5. The van der Waals surface area contributed by atoms with Crippen LogP contribution in [0.25, 0.3) is 0 Å². The predicted octanol–water partition coefficient (Wildman–Crippen LogP) is 1.91. The average Bonchev–Trinajstić information content (AvgIpc) is 2.94. The second-order valence-corrected chi connectivity index (χ2v) is 5.84. The predicted molar refractivity (Wildman–Crippen MR) is 77.9 cm³/mol. The second kappa shape index (κ2) is 6.74. The number of hydrogen-bond acceptors (Lipinski definition) is 3. The number of amides is 1. The zero-order chi connectivity index (χ0) is 15.4. The Morgan fingerprint density at radius 1 is 1.43 bits per heavy atom. The second-order valence-electron chi connectivity index (χ2n) is 5.84. The molecule has 0 spiro atoms. The van der Waals surface area contributed by atoms with Crippen molar-refractivity contribution in [3.8, 4) is 0 Å². The molecule has 0 saturated heterocycles. The number of nitrogens with zero attached hydrogens (tertiary/aromatic N) is 2. The summed E-state index contributed by atoms with van der Waals surface area (Å²) in [7, 11) is 0. The zero-order valence-electron chi connectivity index (χ0n) is 12.6. The number of nitrogens with one attached hydrogen (secondary N) is 1. The van der Waals surface area contributed by atoms with Gasteiger partial charge < -0.3 is 10.4 Å². The zero-order valence-corrected chi connectivity index (χ0v) is 12.6. The van der Waals surface area contributed by atoms with E-state index in [1.165, 1.54) is 0 Å². The number of hydrogen-bond donors (Lipinski definition) is 2. The summed E-state index contributed by atoms with van der Waals surface area (Å²) >= 11 is 0. The van der Waals surface area contributed by atoms with Gasteiger partial charge in [0.1, 0.15) is 11.7 Å². The SMILES string of the molecule is CCn1nccc1C(=O)NC(C(=O)O)C1CCC(C)CC1. The molecule has 1 unspecified atom stereocenters. The third-order valence-corrected chi connectivity index (χ3v) is 4.33. The summed E-state index contributed by atoms with van der Waals surface area (Å²) < 4.78 is 1.57. The van der Waals surface area contributed by atoms with Crippen LogP contribution in [0.1, 0.15) is 50.0 Å². The van der Waals surface area contributed by atoms with Gasteiger partial charge in [-0.25, -0.2) is 4.79 Å². The number of carbonyl (C=O) groups is 2. The summed E-state index contributed by atoms with van der Waals surface area (Å²) in [6.45, 7) is 4.65. The minimum atomic E-state index is -0.953. The fraction of sp³-hybridized carbons (Fsp3) is 0.667. The topological polar surface area (TPSA) is 84.2 Å². The molecule has 2 N–H and O–H groups in total. The Labute approximate surface area is 124 Å². The van der Waals surface area contributed by atoms with Crippen molar-refractivity contribution in [3.05, 3.63) is 18.0 Å². The van der Waals surface area contributed by atoms with Gasteiger partial charge in [-0.15, -0.1) is 0 Å². The molecule has 0 bridgehead atoms. The summed E-state index contributed by atoms with van der Waals surface area (Å²) in [6, 6.07) is 0.797. The minimum absolute atomic E-state index is 0.0145. The summed E-state index contributed by atoms with van der Waals surface area (Å²) in [5.41, 5.74) is 0.410. The first-order valence-electron chi connectivity index (χ1n) is 7.58. The number of aliphatic carboxylic acids is 1. The molecule has 1 aromatic rings. The van der Waals surface area contributed by atoms with Crippen LogP contribution in [0.2, 0.25) is 0 Å². The normalized spacial score (nSPS) is 23.5. The van der Waals surface area contributed by atoms with Gasteiger partial charge in [0.2, 0.25) is 0 Å². The molecule has 1 atom stereocenters. The van der Waals surface area contributed by atoms with Crippen molar-refractivity contribution in [1.29, 1.82) is 0 Å². The van der Waals surface area contributed by atoms with E-state index in [0.717, 1.165) is 25.7 Å². The Kier molecular flexibility index (Phi) is 4.98. The molecular formula is C15H23N3O3. The third kappa shape index (κ3) is 3.62. The Morgan fingerprint density at radius 3 is 2.67 bits per heavy atom. The van der Waals surface area contributed by atoms with Crippen LogP contribution in [0.15, 0.2) is 12.3 Å². The molecule has 1 aromatic heterocycles. The highest BCUT2D eigenvalue weighted by Gasteiger charge is 2.32. The van der Waals surface area contributed by atoms with Gasteiger partial charge in [0, 0.05) is 12.7 Å². The maximum atomic E-state index is 12.3. The van der Waals surface area contributed by atoms with E-state index in [9.17, 15) is 14.7 Å². The van der Waals surface area contributed by atoms with Gasteiger partial charge in [-0.3, -0.25) is 9.48 Å². The van der Waals surface area contributed by atoms with E-state index in [2.05, 4.69) is 17.3 Å². The Balaban J connectivity index is 2.06. The number of aromatic nitrogens is 2. The van der Waals surface area contributed by atoms with Crippen molar-refractivity contribution >= 4 is 11.9 Å². The molecule has 1 fully saturated rings. The first kappa shape index (κ1) is 15.5. The summed E-state index contributed by atoms with van der Waals surface area (Å²) in [6.07, 6.45) is 5.31. The first-order valence-corrected chi connectivity index (χ1v) is 7.58. The van der Waals surface area contributed by atoms with Crippen molar-refractivity contribution < 1.29 is 14.7 Å².